The molecule has 0 atom stereocenters. The summed E-state index contributed by atoms with van der Waals surface area (Å²) in [6.07, 6.45) is 0.521. The van der Waals surface area contributed by atoms with Crippen LogP contribution < -0.4 is 5.56 Å². The van der Waals surface area contributed by atoms with Gasteiger partial charge in [-0.3, -0.25) is 14.7 Å². The summed E-state index contributed by atoms with van der Waals surface area (Å²) < 4.78 is 27.6. The van der Waals surface area contributed by atoms with Crippen molar-refractivity contribution in [3.05, 3.63) is 61.8 Å². The highest BCUT2D eigenvalue weighted by Crippen LogP contribution is 2.19. The Labute approximate surface area is 124 Å². The number of benzene rings is 1. The minimum Gasteiger partial charge on any atom is -0.334 e. The Morgan fingerprint density at radius 1 is 1.24 bits per heavy atom. The van der Waals surface area contributed by atoms with Gasteiger partial charge in [0.1, 0.15) is 11.6 Å². The maximum atomic E-state index is 13.7. The molecule has 1 aromatic heterocycles. The highest BCUT2D eigenvalue weighted by molar-refractivity contribution is 7.71. The van der Waals surface area contributed by atoms with Gasteiger partial charge in [0.05, 0.1) is 0 Å². The molecule has 110 valence electrons. The third-order valence-electron chi connectivity index (χ3n) is 3.63. The summed E-state index contributed by atoms with van der Waals surface area (Å²) in [6, 6.07) is 3.83. The number of aromatic nitrogens is 2. The zero-order valence-corrected chi connectivity index (χ0v) is 11.9. The molecule has 1 aliphatic rings. The van der Waals surface area contributed by atoms with Gasteiger partial charge in [0, 0.05) is 36.5 Å². The first-order valence-corrected chi connectivity index (χ1v) is 6.95. The van der Waals surface area contributed by atoms with E-state index in [-0.39, 0.29) is 22.4 Å². The van der Waals surface area contributed by atoms with Gasteiger partial charge >= 0.3 is 0 Å². The molecule has 0 radical (unpaired) electrons. The third-order valence-corrected chi connectivity index (χ3v) is 3.84. The van der Waals surface area contributed by atoms with E-state index < -0.39 is 11.6 Å². The quantitative estimate of drug-likeness (QED) is 0.837. The molecule has 21 heavy (non-hydrogen) atoms. The van der Waals surface area contributed by atoms with Crippen molar-refractivity contribution in [1.29, 1.82) is 0 Å². The second-order valence-electron chi connectivity index (χ2n) is 5.03. The summed E-state index contributed by atoms with van der Waals surface area (Å²) in [5.41, 5.74) is 1.23. The lowest BCUT2D eigenvalue weighted by molar-refractivity contribution is 0.233. The molecule has 0 saturated carbocycles. The lowest BCUT2D eigenvalue weighted by Crippen LogP contribution is -2.35. The van der Waals surface area contributed by atoms with Crippen molar-refractivity contribution >= 4 is 12.2 Å². The molecule has 0 amide bonds. The van der Waals surface area contributed by atoms with Crippen molar-refractivity contribution in [3.63, 3.8) is 0 Å². The van der Waals surface area contributed by atoms with Crippen LogP contribution in [0.2, 0.25) is 0 Å². The summed E-state index contributed by atoms with van der Waals surface area (Å²) in [7, 11) is 0. The Balaban J connectivity index is 1.87. The molecule has 1 aromatic carbocycles. The first-order valence-electron chi connectivity index (χ1n) is 6.54. The fraction of sp³-hybridized carbons (Fsp3) is 0.286. The van der Waals surface area contributed by atoms with Crippen LogP contribution >= 0.6 is 12.2 Å². The minimum absolute atomic E-state index is 0.0457. The molecule has 0 saturated heterocycles. The molecular formula is C14H13F2N3OS. The van der Waals surface area contributed by atoms with Gasteiger partial charge in [-0.15, -0.1) is 0 Å². The van der Waals surface area contributed by atoms with Gasteiger partial charge in [0.2, 0.25) is 0 Å². The largest absolute Gasteiger partial charge is 0.334 e. The Morgan fingerprint density at radius 3 is 2.67 bits per heavy atom. The summed E-state index contributed by atoms with van der Waals surface area (Å²) in [5.74, 6) is -1.11. The van der Waals surface area contributed by atoms with Crippen LogP contribution in [0.3, 0.4) is 0 Å². The highest BCUT2D eigenvalue weighted by Gasteiger charge is 2.21. The SMILES string of the molecule is O=c1[nH]c(=S)[nH]c2c1CCN(Cc1c(F)cccc1F)C2. The molecule has 0 bridgehead atoms. The second kappa shape index (κ2) is 5.50. The maximum absolute atomic E-state index is 13.7. The lowest BCUT2D eigenvalue weighted by atomic mass is 10.1. The van der Waals surface area contributed by atoms with Crippen LogP contribution in [0.5, 0.6) is 0 Å². The summed E-state index contributed by atoms with van der Waals surface area (Å²) in [5, 5.41) is 0. The van der Waals surface area contributed by atoms with E-state index in [9.17, 15) is 13.6 Å². The number of nitrogens with one attached hydrogen (secondary N) is 2. The number of rotatable bonds is 2. The van der Waals surface area contributed by atoms with Crippen LogP contribution in [-0.2, 0) is 19.5 Å². The van der Waals surface area contributed by atoms with E-state index in [4.69, 9.17) is 12.2 Å². The van der Waals surface area contributed by atoms with E-state index >= 15 is 0 Å². The van der Waals surface area contributed by atoms with Crippen LogP contribution in [-0.4, -0.2) is 21.4 Å². The Morgan fingerprint density at radius 2 is 1.95 bits per heavy atom. The van der Waals surface area contributed by atoms with Crippen molar-refractivity contribution in [1.82, 2.24) is 14.9 Å². The maximum Gasteiger partial charge on any atom is 0.255 e. The molecule has 2 heterocycles. The monoisotopic (exact) mass is 309 g/mol. The van der Waals surface area contributed by atoms with Gasteiger partial charge in [0.25, 0.3) is 5.56 Å². The van der Waals surface area contributed by atoms with E-state index in [2.05, 4.69) is 9.97 Å². The topological polar surface area (TPSA) is 51.9 Å². The first kappa shape index (κ1) is 14.1. The normalized spacial score (nSPS) is 15.0. The molecule has 2 N–H and O–H groups in total. The molecule has 0 fully saturated rings. The molecule has 1 aliphatic heterocycles. The summed E-state index contributed by atoms with van der Waals surface area (Å²) in [4.78, 5) is 19.2. The van der Waals surface area contributed by atoms with Crippen LogP contribution in [0.4, 0.5) is 8.78 Å². The highest BCUT2D eigenvalue weighted by atomic mass is 32.1. The van der Waals surface area contributed by atoms with Crippen molar-refractivity contribution in [3.8, 4) is 0 Å². The molecule has 0 aliphatic carbocycles. The number of halogens is 2. The van der Waals surface area contributed by atoms with E-state index in [0.29, 0.717) is 30.8 Å². The van der Waals surface area contributed by atoms with Gasteiger partial charge in [-0.1, -0.05) is 6.07 Å². The van der Waals surface area contributed by atoms with Crippen LogP contribution in [0.1, 0.15) is 16.8 Å². The predicted molar refractivity (Wildman–Crippen MR) is 76.4 cm³/mol. The zero-order chi connectivity index (χ0) is 15.0. The predicted octanol–water partition coefficient (Wildman–Crippen LogP) is 2.27. The first-order chi connectivity index (χ1) is 10.0. The van der Waals surface area contributed by atoms with Crippen LogP contribution in [0.25, 0.3) is 0 Å². The standard InChI is InChI=1S/C14H13F2N3OS/c15-10-2-1-3-11(16)9(10)6-19-5-4-8-12(7-19)17-14(21)18-13(8)20/h1-3H,4-7H2,(H2,17,18,20,21). The van der Waals surface area contributed by atoms with Crippen molar-refractivity contribution in [2.75, 3.05) is 6.54 Å². The Bertz CT molecular complexity index is 779. The minimum atomic E-state index is -0.556. The van der Waals surface area contributed by atoms with Crippen molar-refractivity contribution < 1.29 is 8.78 Å². The van der Waals surface area contributed by atoms with Gasteiger partial charge in [-0.25, -0.2) is 8.78 Å². The fourth-order valence-electron chi connectivity index (χ4n) is 2.57. The van der Waals surface area contributed by atoms with Crippen LogP contribution in [0.15, 0.2) is 23.0 Å². The second-order valence-corrected chi connectivity index (χ2v) is 5.43. The zero-order valence-electron chi connectivity index (χ0n) is 11.1. The molecule has 4 nitrogen and oxygen atoms in total. The number of H-pyrrole nitrogens is 2. The van der Waals surface area contributed by atoms with Gasteiger partial charge < -0.3 is 4.98 Å². The Hall–Kier alpha value is -1.86. The third kappa shape index (κ3) is 2.79. The van der Waals surface area contributed by atoms with E-state index in [0.717, 1.165) is 0 Å². The van der Waals surface area contributed by atoms with E-state index in [1.54, 1.807) is 0 Å². The molecule has 3 rings (SSSR count). The number of hydrogen-bond acceptors (Lipinski definition) is 3. The number of fused-ring (bicyclic) bond motifs is 1. The van der Waals surface area contributed by atoms with Gasteiger partial charge in [0.15, 0.2) is 4.77 Å². The lowest BCUT2D eigenvalue weighted by Gasteiger charge is -2.28. The average Bonchev–Trinajstić information content (AvgIpc) is 2.42. The molecular weight excluding hydrogens is 296 g/mol. The molecule has 7 heteroatoms. The van der Waals surface area contributed by atoms with Crippen molar-refractivity contribution in [2.45, 2.75) is 19.5 Å². The van der Waals surface area contributed by atoms with E-state index in [1.165, 1.54) is 18.2 Å². The Kier molecular flexibility index (Phi) is 3.69. The van der Waals surface area contributed by atoms with Crippen LogP contribution in [0, 0.1) is 16.4 Å². The summed E-state index contributed by atoms with van der Waals surface area (Å²) in [6.45, 7) is 1.14. The summed E-state index contributed by atoms with van der Waals surface area (Å²) >= 11 is 4.95. The smallest absolute Gasteiger partial charge is 0.255 e. The molecule has 0 spiro atoms. The fourth-order valence-corrected chi connectivity index (χ4v) is 2.79. The molecule has 2 aromatic rings. The molecule has 0 unspecified atom stereocenters. The average molecular weight is 309 g/mol. The van der Waals surface area contributed by atoms with Crippen molar-refractivity contribution in [2.24, 2.45) is 0 Å². The number of hydrogen-bond donors (Lipinski definition) is 2. The van der Waals surface area contributed by atoms with Gasteiger partial charge in [-0.2, -0.15) is 0 Å². The number of nitrogens with zero attached hydrogens (tertiary/aromatic N) is 1. The number of aromatic amines is 2. The van der Waals surface area contributed by atoms with E-state index in [1.807, 2.05) is 4.90 Å². The van der Waals surface area contributed by atoms with Gasteiger partial charge in [-0.05, 0) is 30.8 Å².